The first-order chi connectivity index (χ1) is 17.8. The van der Waals surface area contributed by atoms with Gasteiger partial charge >= 0.3 is 0 Å². The number of fused-ring (bicyclic) bond motifs is 5. The Labute approximate surface area is 219 Å². The van der Waals surface area contributed by atoms with E-state index in [1.807, 2.05) is 42.5 Å². The van der Waals surface area contributed by atoms with Crippen LogP contribution in [0.5, 0.6) is 0 Å². The largest absolute Gasteiger partial charge is 0.349 e. The van der Waals surface area contributed by atoms with Crippen LogP contribution in [-0.4, -0.2) is 23.6 Å². The maximum Gasteiger partial charge on any atom is 0.243 e. The van der Waals surface area contributed by atoms with Crippen molar-refractivity contribution in [2.24, 2.45) is 34.5 Å². The van der Waals surface area contributed by atoms with Gasteiger partial charge in [-0.25, -0.2) is 0 Å². The minimum Gasteiger partial charge on any atom is -0.349 e. The molecule has 0 saturated heterocycles. The van der Waals surface area contributed by atoms with E-state index in [9.17, 15) is 14.4 Å². The van der Waals surface area contributed by atoms with E-state index in [2.05, 4.69) is 30.6 Å². The summed E-state index contributed by atoms with van der Waals surface area (Å²) >= 11 is 0. The molecule has 2 N–H and O–H groups in total. The predicted molar refractivity (Wildman–Crippen MR) is 144 cm³/mol. The maximum atomic E-state index is 13.7. The monoisotopic (exact) mass is 496 g/mol. The minimum absolute atomic E-state index is 0.00420. The molecule has 4 aliphatic rings. The standard InChI is InChI=1S/C32H36N2O3/c1-31-17-15-25-23(11-14-27-32(25,2)18-16-28(35)34-27)24(31)12-13-26(31)30(37)33-22-10-6-9-21(19-22)29(36)20-7-4-3-5-8-20/h3-10,16,18-19,23-27H,11-15,17H2,1-2H3,(H,33,37)(H,34,35)/t23-,24-,25-,26+,27+,31-,32+/m0/s1. The molecule has 3 aliphatic carbocycles. The van der Waals surface area contributed by atoms with E-state index in [0.29, 0.717) is 34.6 Å². The molecule has 3 fully saturated rings. The third-order valence-corrected chi connectivity index (χ3v) is 10.4. The average molecular weight is 497 g/mol. The van der Waals surface area contributed by atoms with Crippen molar-refractivity contribution in [3.05, 3.63) is 77.9 Å². The molecule has 37 heavy (non-hydrogen) atoms. The first-order valence-corrected chi connectivity index (χ1v) is 13.8. The van der Waals surface area contributed by atoms with Crippen molar-refractivity contribution in [1.82, 2.24) is 5.32 Å². The molecule has 0 unspecified atom stereocenters. The summed E-state index contributed by atoms with van der Waals surface area (Å²) in [5.41, 5.74) is 1.89. The van der Waals surface area contributed by atoms with Crippen LogP contribution in [0.3, 0.4) is 0 Å². The number of benzene rings is 2. The zero-order valence-corrected chi connectivity index (χ0v) is 21.7. The van der Waals surface area contributed by atoms with E-state index in [0.717, 1.165) is 38.5 Å². The summed E-state index contributed by atoms with van der Waals surface area (Å²) in [6, 6.07) is 16.8. The number of rotatable bonds is 4. The van der Waals surface area contributed by atoms with E-state index in [1.54, 1.807) is 18.2 Å². The highest BCUT2D eigenvalue weighted by Gasteiger charge is 2.60. The summed E-state index contributed by atoms with van der Waals surface area (Å²) in [6.07, 6.45) is 10.2. The SMILES string of the molecule is C[C@]12C=CC(=O)N[C@@H]1CC[C@@H]1[C@@H]2CC[C@]2(C)[C@@H](C(=O)Nc3cccc(C(=O)c4ccccc4)c3)CC[C@@H]12. The van der Waals surface area contributed by atoms with Crippen molar-refractivity contribution in [1.29, 1.82) is 0 Å². The summed E-state index contributed by atoms with van der Waals surface area (Å²) < 4.78 is 0. The van der Waals surface area contributed by atoms with Gasteiger partial charge in [-0.15, -0.1) is 0 Å². The maximum absolute atomic E-state index is 13.7. The first kappa shape index (κ1) is 24.1. The predicted octanol–water partition coefficient (Wildman–Crippen LogP) is 5.77. The molecule has 2 aromatic carbocycles. The van der Waals surface area contributed by atoms with Gasteiger partial charge in [-0.05, 0) is 79.9 Å². The summed E-state index contributed by atoms with van der Waals surface area (Å²) in [5.74, 6) is 1.70. The molecule has 1 heterocycles. The van der Waals surface area contributed by atoms with Crippen LogP contribution in [0, 0.1) is 34.5 Å². The van der Waals surface area contributed by atoms with Crippen LogP contribution in [0.15, 0.2) is 66.7 Å². The van der Waals surface area contributed by atoms with Crippen LogP contribution >= 0.6 is 0 Å². The van der Waals surface area contributed by atoms with Gasteiger partial charge in [0.2, 0.25) is 11.8 Å². The summed E-state index contributed by atoms with van der Waals surface area (Å²) in [4.78, 5) is 38.6. The summed E-state index contributed by atoms with van der Waals surface area (Å²) in [6.45, 7) is 4.67. The van der Waals surface area contributed by atoms with E-state index >= 15 is 0 Å². The molecule has 3 saturated carbocycles. The topological polar surface area (TPSA) is 75.3 Å². The molecule has 2 amide bonds. The molecule has 0 radical (unpaired) electrons. The molecule has 5 nitrogen and oxygen atoms in total. The Morgan fingerprint density at radius 2 is 1.68 bits per heavy atom. The van der Waals surface area contributed by atoms with Gasteiger partial charge in [0, 0.05) is 34.2 Å². The molecular weight excluding hydrogens is 460 g/mol. The highest BCUT2D eigenvalue weighted by molar-refractivity contribution is 6.09. The van der Waals surface area contributed by atoms with Crippen molar-refractivity contribution in [2.75, 3.05) is 5.32 Å². The lowest BCUT2D eigenvalue weighted by Crippen LogP contribution is -2.59. The quantitative estimate of drug-likeness (QED) is 0.528. The molecular formula is C32H36N2O3. The van der Waals surface area contributed by atoms with Gasteiger partial charge in [0.05, 0.1) is 0 Å². The van der Waals surface area contributed by atoms with Crippen molar-refractivity contribution >= 4 is 23.3 Å². The van der Waals surface area contributed by atoms with Crippen LogP contribution in [0.1, 0.15) is 68.3 Å². The molecule has 192 valence electrons. The summed E-state index contributed by atoms with van der Waals surface area (Å²) in [7, 11) is 0. The van der Waals surface area contributed by atoms with E-state index < -0.39 is 0 Å². The van der Waals surface area contributed by atoms with E-state index in [4.69, 9.17) is 0 Å². The Bertz CT molecular complexity index is 1270. The molecule has 0 spiro atoms. The highest BCUT2D eigenvalue weighted by atomic mass is 16.2. The van der Waals surface area contributed by atoms with E-state index in [-0.39, 0.29) is 40.4 Å². The average Bonchev–Trinajstić information content (AvgIpc) is 3.27. The first-order valence-electron chi connectivity index (χ1n) is 13.8. The molecule has 7 atom stereocenters. The second-order valence-corrected chi connectivity index (χ2v) is 12.2. The Morgan fingerprint density at radius 3 is 2.49 bits per heavy atom. The Morgan fingerprint density at radius 1 is 0.892 bits per heavy atom. The lowest BCUT2D eigenvalue weighted by Gasteiger charge is -2.58. The molecule has 2 aromatic rings. The fraction of sp³-hybridized carbons (Fsp3) is 0.469. The van der Waals surface area contributed by atoms with Gasteiger partial charge < -0.3 is 10.6 Å². The highest BCUT2D eigenvalue weighted by Crippen LogP contribution is 2.65. The number of carbonyl (C=O) groups is 3. The van der Waals surface area contributed by atoms with Crippen molar-refractivity contribution in [3.63, 3.8) is 0 Å². The van der Waals surface area contributed by atoms with Gasteiger partial charge in [-0.2, -0.15) is 0 Å². The number of carbonyl (C=O) groups excluding carboxylic acids is 3. The zero-order chi connectivity index (χ0) is 25.8. The number of ketones is 1. The van der Waals surface area contributed by atoms with Gasteiger partial charge in [-0.1, -0.05) is 62.4 Å². The van der Waals surface area contributed by atoms with Crippen molar-refractivity contribution < 1.29 is 14.4 Å². The Balaban J connectivity index is 1.19. The van der Waals surface area contributed by atoms with Crippen LogP contribution in [-0.2, 0) is 9.59 Å². The molecule has 0 bridgehead atoms. The number of hydrogen-bond acceptors (Lipinski definition) is 3. The normalized spacial score (nSPS) is 36.1. The number of anilines is 1. The third kappa shape index (κ3) is 3.94. The molecule has 5 heteroatoms. The Hall–Kier alpha value is -3.21. The van der Waals surface area contributed by atoms with Crippen LogP contribution in [0.2, 0.25) is 0 Å². The van der Waals surface area contributed by atoms with Crippen LogP contribution in [0.4, 0.5) is 5.69 Å². The number of hydrogen-bond donors (Lipinski definition) is 2. The fourth-order valence-corrected chi connectivity index (χ4v) is 8.49. The zero-order valence-electron chi connectivity index (χ0n) is 21.7. The lowest BCUT2D eigenvalue weighted by molar-refractivity contribution is -0.129. The van der Waals surface area contributed by atoms with E-state index in [1.165, 1.54) is 0 Å². The number of nitrogens with one attached hydrogen (secondary N) is 2. The van der Waals surface area contributed by atoms with Gasteiger partial charge in [0.1, 0.15) is 0 Å². The molecule has 6 rings (SSSR count). The fourth-order valence-electron chi connectivity index (χ4n) is 8.49. The van der Waals surface area contributed by atoms with Gasteiger partial charge in [0.15, 0.2) is 5.78 Å². The number of amides is 2. The van der Waals surface area contributed by atoms with Crippen LogP contribution in [0.25, 0.3) is 0 Å². The van der Waals surface area contributed by atoms with Crippen molar-refractivity contribution in [3.8, 4) is 0 Å². The van der Waals surface area contributed by atoms with Gasteiger partial charge in [-0.3, -0.25) is 14.4 Å². The van der Waals surface area contributed by atoms with Crippen molar-refractivity contribution in [2.45, 2.75) is 58.4 Å². The second-order valence-electron chi connectivity index (χ2n) is 12.2. The molecule has 1 aliphatic heterocycles. The minimum atomic E-state index is -0.0417. The lowest BCUT2D eigenvalue weighted by atomic mass is 9.48. The molecule has 0 aromatic heterocycles. The Kier molecular flexibility index (Phi) is 5.85. The smallest absolute Gasteiger partial charge is 0.243 e. The van der Waals surface area contributed by atoms with Gasteiger partial charge in [0.25, 0.3) is 0 Å². The third-order valence-electron chi connectivity index (χ3n) is 10.4. The summed E-state index contributed by atoms with van der Waals surface area (Å²) in [5, 5.41) is 6.39. The van der Waals surface area contributed by atoms with Crippen LogP contribution < -0.4 is 10.6 Å². The second kappa shape index (κ2) is 8.97.